The molecule has 7 heteroatoms. The van der Waals surface area contributed by atoms with E-state index in [-0.39, 0.29) is 11.6 Å². The fourth-order valence-corrected chi connectivity index (χ4v) is 4.02. The lowest BCUT2D eigenvalue weighted by molar-refractivity contribution is -0.117. The van der Waals surface area contributed by atoms with Crippen molar-refractivity contribution in [2.75, 3.05) is 7.11 Å². The molecule has 168 valence electrons. The molecule has 0 aliphatic carbocycles. The fraction of sp³-hybridized carbons (Fsp3) is 0.154. The summed E-state index contributed by atoms with van der Waals surface area (Å²) in [7, 11) is 1.55. The summed E-state index contributed by atoms with van der Waals surface area (Å²) in [5, 5.41) is 13.1. The van der Waals surface area contributed by atoms with Crippen molar-refractivity contribution in [1.29, 1.82) is 5.26 Å². The number of carbonyl (C=O) groups excluding carboxylic acids is 1. The zero-order valence-corrected chi connectivity index (χ0v) is 21.1. The van der Waals surface area contributed by atoms with E-state index in [1.165, 1.54) is 0 Å². The molecule has 1 atom stereocenters. The predicted molar refractivity (Wildman–Crippen MR) is 138 cm³/mol. The third-order valence-corrected chi connectivity index (χ3v) is 5.92. The highest BCUT2D eigenvalue weighted by molar-refractivity contribution is 14.1. The zero-order valence-electron chi connectivity index (χ0n) is 18.1. The summed E-state index contributed by atoms with van der Waals surface area (Å²) in [5.74, 6) is 0.661. The van der Waals surface area contributed by atoms with Crippen LogP contribution in [0.5, 0.6) is 11.5 Å². The van der Waals surface area contributed by atoms with Crippen LogP contribution in [-0.4, -0.2) is 13.0 Å². The molecule has 0 aliphatic heterocycles. The number of carbonyl (C=O) groups is 1. The van der Waals surface area contributed by atoms with E-state index in [1.807, 2.05) is 73.7 Å². The molecule has 0 aromatic heterocycles. The minimum absolute atomic E-state index is 0.00506. The molecule has 5 nitrogen and oxygen atoms in total. The van der Waals surface area contributed by atoms with Crippen molar-refractivity contribution in [2.24, 2.45) is 0 Å². The van der Waals surface area contributed by atoms with Gasteiger partial charge in [-0.1, -0.05) is 54.1 Å². The maximum Gasteiger partial charge on any atom is 0.262 e. The van der Waals surface area contributed by atoms with E-state index in [0.29, 0.717) is 28.7 Å². The number of benzene rings is 3. The lowest BCUT2D eigenvalue weighted by Gasteiger charge is -2.15. The van der Waals surface area contributed by atoms with E-state index in [0.717, 1.165) is 14.7 Å². The van der Waals surface area contributed by atoms with Crippen molar-refractivity contribution >= 4 is 46.2 Å². The maximum atomic E-state index is 12.7. The third-order valence-electron chi connectivity index (χ3n) is 4.87. The smallest absolute Gasteiger partial charge is 0.262 e. The summed E-state index contributed by atoms with van der Waals surface area (Å²) in [5.41, 5.74) is 2.60. The van der Waals surface area contributed by atoms with Crippen molar-refractivity contribution in [3.05, 3.63) is 97.6 Å². The molecule has 0 saturated carbocycles. The highest BCUT2D eigenvalue weighted by Crippen LogP contribution is 2.35. The molecular formula is C26H22ClIN2O3. The molecule has 3 aromatic rings. The fourth-order valence-electron chi connectivity index (χ4n) is 3.11. The molecule has 0 aliphatic rings. The molecule has 0 unspecified atom stereocenters. The van der Waals surface area contributed by atoms with Gasteiger partial charge < -0.3 is 14.8 Å². The minimum atomic E-state index is -0.439. The van der Waals surface area contributed by atoms with Gasteiger partial charge in [0.25, 0.3) is 5.91 Å². The number of amides is 1. The average molecular weight is 573 g/mol. The van der Waals surface area contributed by atoms with Gasteiger partial charge in [0, 0.05) is 5.02 Å². The van der Waals surface area contributed by atoms with Crippen LogP contribution in [0, 0.1) is 14.9 Å². The second-order valence-corrected chi connectivity index (χ2v) is 8.82. The van der Waals surface area contributed by atoms with Crippen LogP contribution in [0.25, 0.3) is 6.08 Å². The maximum absolute atomic E-state index is 12.7. The summed E-state index contributed by atoms with van der Waals surface area (Å²) in [6, 6.07) is 22.3. The Morgan fingerprint density at radius 2 is 1.88 bits per heavy atom. The number of halogens is 2. The van der Waals surface area contributed by atoms with Crippen LogP contribution >= 0.6 is 34.2 Å². The highest BCUT2D eigenvalue weighted by atomic mass is 127. The van der Waals surface area contributed by atoms with Gasteiger partial charge >= 0.3 is 0 Å². The molecule has 3 rings (SSSR count). The SMILES string of the molecule is COc1cc(/C=C(\C#N)C(=O)N[C@H](C)c2ccccc2)cc(I)c1OCc1ccc(Cl)cc1. The van der Waals surface area contributed by atoms with Gasteiger partial charge in [0.15, 0.2) is 11.5 Å². The van der Waals surface area contributed by atoms with Gasteiger partial charge in [-0.15, -0.1) is 0 Å². The van der Waals surface area contributed by atoms with Crippen LogP contribution < -0.4 is 14.8 Å². The Morgan fingerprint density at radius 1 is 1.18 bits per heavy atom. The first-order chi connectivity index (χ1) is 15.9. The highest BCUT2D eigenvalue weighted by Gasteiger charge is 2.16. The van der Waals surface area contributed by atoms with Crippen molar-refractivity contribution in [1.82, 2.24) is 5.32 Å². The Balaban J connectivity index is 1.78. The molecule has 0 saturated heterocycles. The lowest BCUT2D eigenvalue weighted by Crippen LogP contribution is -2.27. The monoisotopic (exact) mass is 572 g/mol. The van der Waals surface area contributed by atoms with Gasteiger partial charge in [-0.2, -0.15) is 5.26 Å². The number of methoxy groups -OCH3 is 1. The molecular weight excluding hydrogens is 551 g/mol. The van der Waals surface area contributed by atoms with Crippen LogP contribution in [0.3, 0.4) is 0 Å². The van der Waals surface area contributed by atoms with Gasteiger partial charge in [0.1, 0.15) is 18.2 Å². The molecule has 0 heterocycles. The molecule has 1 amide bonds. The number of ether oxygens (including phenoxy) is 2. The Kier molecular flexibility index (Phi) is 8.75. The predicted octanol–water partition coefficient (Wildman–Crippen LogP) is 6.32. The van der Waals surface area contributed by atoms with E-state index < -0.39 is 5.91 Å². The lowest BCUT2D eigenvalue weighted by atomic mass is 10.1. The zero-order chi connectivity index (χ0) is 23.8. The number of hydrogen-bond donors (Lipinski definition) is 1. The van der Waals surface area contributed by atoms with Gasteiger partial charge in [0.2, 0.25) is 0 Å². The van der Waals surface area contributed by atoms with E-state index in [1.54, 1.807) is 19.3 Å². The number of nitrogens with one attached hydrogen (secondary N) is 1. The van der Waals surface area contributed by atoms with Crippen molar-refractivity contribution < 1.29 is 14.3 Å². The molecule has 3 aromatic carbocycles. The first kappa shape index (κ1) is 24.6. The van der Waals surface area contributed by atoms with Gasteiger partial charge in [0.05, 0.1) is 16.7 Å². The molecule has 0 radical (unpaired) electrons. The van der Waals surface area contributed by atoms with E-state index in [4.69, 9.17) is 21.1 Å². The number of nitrogens with zero attached hydrogens (tertiary/aromatic N) is 1. The molecule has 33 heavy (non-hydrogen) atoms. The first-order valence-corrected chi connectivity index (χ1v) is 11.6. The number of hydrogen-bond acceptors (Lipinski definition) is 4. The van der Waals surface area contributed by atoms with Crippen molar-refractivity contribution in [3.8, 4) is 17.6 Å². The van der Waals surface area contributed by atoms with Crippen LogP contribution in [0.1, 0.15) is 29.7 Å². The van der Waals surface area contributed by atoms with Gasteiger partial charge in [-0.05, 0) is 76.5 Å². The largest absolute Gasteiger partial charge is 0.493 e. The van der Waals surface area contributed by atoms with E-state index >= 15 is 0 Å². The normalized spacial score (nSPS) is 11.9. The standard InChI is InChI=1S/C26H22ClIN2O3/c1-17(20-6-4-3-5-7-20)30-26(31)21(15-29)12-19-13-23(28)25(24(14-19)32-2)33-16-18-8-10-22(27)11-9-18/h3-14,17H,16H2,1-2H3,(H,30,31)/b21-12+/t17-/m1/s1. The summed E-state index contributed by atoms with van der Waals surface area (Å²) in [4.78, 5) is 12.7. The molecule has 1 N–H and O–H groups in total. The summed E-state index contributed by atoms with van der Waals surface area (Å²) >= 11 is 8.08. The molecule has 0 bridgehead atoms. The first-order valence-electron chi connectivity index (χ1n) is 10.1. The topological polar surface area (TPSA) is 71.3 Å². The second-order valence-electron chi connectivity index (χ2n) is 7.22. The Morgan fingerprint density at radius 3 is 2.52 bits per heavy atom. The van der Waals surface area contributed by atoms with E-state index in [2.05, 4.69) is 27.9 Å². The third kappa shape index (κ3) is 6.73. The van der Waals surface area contributed by atoms with E-state index in [9.17, 15) is 10.1 Å². The second kappa shape index (κ2) is 11.7. The minimum Gasteiger partial charge on any atom is -0.493 e. The average Bonchev–Trinajstić information content (AvgIpc) is 2.83. The van der Waals surface area contributed by atoms with Gasteiger partial charge in [-0.25, -0.2) is 0 Å². The summed E-state index contributed by atoms with van der Waals surface area (Å²) in [6.07, 6.45) is 1.54. The molecule has 0 fully saturated rings. The van der Waals surface area contributed by atoms with Crippen molar-refractivity contribution in [3.63, 3.8) is 0 Å². The summed E-state index contributed by atoms with van der Waals surface area (Å²) in [6.45, 7) is 2.23. The van der Waals surface area contributed by atoms with Crippen molar-refractivity contribution in [2.45, 2.75) is 19.6 Å². The number of rotatable bonds is 8. The van der Waals surface area contributed by atoms with Crippen LogP contribution in [-0.2, 0) is 11.4 Å². The Hall–Kier alpha value is -3.02. The number of nitriles is 1. The van der Waals surface area contributed by atoms with Crippen LogP contribution in [0.15, 0.2) is 72.3 Å². The Bertz CT molecular complexity index is 1190. The quantitative estimate of drug-likeness (QED) is 0.195. The summed E-state index contributed by atoms with van der Waals surface area (Å²) < 4.78 is 12.3. The van der Waals surface area contributed by atoms with Crippen LogP contribution in [0.4, 0.5) is 0 Å². The molecule has 0 spiro atoms. The van der Waals surface area contributed by atoms with Gasteiger partial charge in [-0.3, -0.25) is 4.79 Å². The van der Waals surface area contributed by atoms with Crippen LogP contribution in [0.2, 0.25) is 5.02 Å². The Labute approximate surface area is 212 Å².